The molecule has 0 saturated carbocycles. The number of carboxylic acids is 1. The number of carbonyl (C=O) groups excluding carboxylic acids is 3. The highest BCUT2D eigenvalue weighted by molar-refractivity contribution is 5.83. The quantitative estimate of drug-likeness (QED) is 0.298. The molecule has 0 aromatic carbocycles. The maximum Gasteiger partial charge on any atom is 0.326 e. The van der Waals surface area contributed by atoms with Crippen molar-refractivity contribution in [3.05, 3.63) is 11.7 Å². The lowest BCUT2D eigenvalue weighted by molar-refractivity contribution is -0.139. The summed E-state index contributed by atoms with van der Waals surface area (Å²) in [6.45, 7) is 5.10. The summed E-state index contributed by atoms with van der Waals surface area (Å²) in [6.07, 6.45) is 0.973. The highest BCUT2D eigenvalue weighted by Crippen LogP contribution is 2.24. The van der Waals surface area contributed by atoms with Gasteiger partial charge in [-0.3, -0.25) is 4.79 Å². The van der Waals surface area contributed by atoms with Gasteiger partial charge in [0.05, 0.1) is 6.04 Å². The zero-order valence-electron chi connectivity index (χ0n) is 17.4. The molecule has 0 aliphatic carbocycles. The van der Waals surface area contributed by atoms with Gasteiger partial charge in [-0.1, -0.05) is 25.4 Å². The number of carboxylic acid groups (broad SMARTS) is 1. The second-order valence-corrected chi connectivity index (χ2v) is 7.21. The Bertz CT molecular complexity index is 751. The molecular weight excluding hydrogens is 396 g/mol. The Labute approximate surface area is 174 Å². The van der Waals surface area contributed by atoms with Crippen molar-refractivity contribution in [1.82, 2.24) is 20.8 Å². The Hall–Kier alpha value is -3.02. The summed E-state index contributed by atoms with van der Waals surface area (Å²) in [7, 11) is 0. The van der Waals surface area contributed by atoms with Crippen LogP contribution in [0, 0.1) is 5.92 Å². The Morgan fingerprint density at radius 1 is 1.17 bits per heavy atom. The summed E-state index contributed by atoms with van der Waals surface area (Å²) in [4.78, 5) is 50.0. The standard InChI is InChI=1S/C18H30N6O6/c1-4-9(2)14(16-23-15(24-30-16)11(19)6-8-13(20)26)22-18(29)21-12(17(27)28)7-5-10(3)25/h9,11-12,14H,4-8,19H2,1-3H3,(H2,20,26)(H,27,28)(H2,21,22,29)/t9?,11-,12-,14-/m0/s1. The van der Waals surface area contributed by atoms with E-state index in [1.54, 1.807) is 0 Å². The molecule has 0 spiro atoms. The zero-order chi connectivity index (χ0) is 22.8. The molecule has 0 aliphatic rings. The number of rotatable bonds is 13. The lowest BCUT2D eigenvalue weighted by Gasteiger charge is -2.22. The van der Waals surface area contributed by atoms with Crippen molar-refractivity contribution in [2.24, 2.45) is 17.4 Å². The van der Waals surface area contributed by atoms with E-state index in [2.05, 4.69) is 20.8 Å². The van der Waals surface area contributed by atoms with Gasteiger partial charge in [-0.25, -0.2) is 9.59 Å². The minimum atomic E-state index is -1.24. The van der Waals surface area contributed by atoms with Gasteiger partial charge in [0.1, 0.15) is 17.9 Å². The second-order valence-electron chi connectivity index (χ2n) is 7.21. The number of aromatic nitrogens is 2. The van der Waals surface area contributed by atoms with Gasteiger partial charge in [-0.05, 0) is 25.7 Å². The van der Waals surface area contributed by atoms with Crippen molar-refractivity contribution in [3.63, 3.8) is 0 Å². The van der Waals surface area contributed by atoms with Crippen LogP contribution in [0.25, 0.3) is 0 Å². The van der Waals surface area contributed by atoms with Gasteiger partial charge in [0.25, 0.3) is 0 Å². The third-order valence-electron chi connectivity index (χ3n) is 4.64. The molecule has 4 atom stereocenters. The van der Waals surface area contributed by atoms with E-state index in [1.165, 1.54) is 6.92 Å². The van der Waals surface area contributed by atoms with Gasteiger partial charge in [0.2, 0.25) is 11.8 Å². The zero-order valence-corrected chi connectivity index (χ0v) is 17.4. The van der Waals surface area contributed by atoms with Crippen LogP contribution in [0.3, 0.4) is 0 Å². The first-order valence-electron chi connectivity index (χ1n) is 9.71. The summed E-state index contributed by atoms with van der Waals surface area (Å²) >= 11 is 0. The van der Waals surface area contributed by atoms with Crippen LogP contribution in [0.5, 0.6) is 0 Å². The van der Waals surface area contributed by atoms with E-state index in [9.17, 15) is 24.3 Å². The highest BCUT2D eigenvalue weighted by atomic mass is 16.5. The first-order chi connectivity index (χ1) is 14.0. The molecule has 12 nitrogen and oxygen atoms in total. The highest BCUT2D eigenvalue weighted by Gasteiger charge is 2.29. The Morgan fingerprint density at radius 3 is 2.37 bits per heavy atom. The summed E-state index contributed by atoms with van der Waals surface area (Å²) < 4.78 is 5.25. The monoisotopic (exact) mass is 426 g/mol. The number of ketones is 1. The molecule has 0 bridgehead atoms. The molecular formula is C18H30N6O6. The van der Waals surface area contributed by atoms with E-state index in [0.29, 0.717) is 6.42 Å². The third-order valence-corrected chi connectivity index (χ3v) is 4.64. The van der Waals surface area contributed by atoms with Crippen molar-refractivity contribution in [3.8, 4) is 0 Å². The van der Waals surface area contributed by atoms with Crippen LogP contribution >= 0.6 is 0 Å². The third kappa shape index (κ3) is 8.15. The van der Waals surface area contributed by atoms with Crippen LogP contribution in [0.2, 0.25) is 0 Å². The van der Waals surface area contributed by atoms with Gasteiger partial charge in [-0.15, -0.1) is 0 Å². The van der Waals surface area contributed by atoms with Crippen molar-refractivity contribution in [1.29, 1.82) is 0 Å². The molecule has 3 amide bonds. The maximum absolute atomic E-state index is 12.4. The van der Waals surface area contributed by atoms with E-state index in [-0.39, 0.29) is 49.1 Å². The van der Waals surface area contributed by atoms with E-state index < -0.39 is 36.0 Å². The van der Waals surface area contributed by atoms with Gasteiger partial charge in [0, 0.05) is 12.8 Å². The molecule has 0 aliphatic heterocycles. The second kappa shape index (κ2) is 11.9. The van der Waals surface area contributed by atoms with Crippen LogP contribution in [-0.4, -0.2) is 45.0 Å². The molecule has 0 radical (unpaired) electrons. The number of hydrogen-bond acceptors (Lipinski definition) is 8. The van der Waals surface area contributed by atoms with E-state index in [1.807, 2.05) is 13.8 Å². The summed E-state index contributed by atoms with van der Waals surface area (Å²) in [5.41, 5.74) is 11.0. The van der Waals surface area contributed by atoms with Crippen molar-refractivity contribution < 1.29 is 28.8 Å². The number of nitrogens with zero attached hydrogens (tertiary/aromatic N) is 2. The van der Waals surface area contributed by atoms with Crippen LogP contribution in [0.15, 0.2) is 4.52 Å². The average molecular weight is 426 g/mol. The molecule has 0 saturated heterocycles. The Kier molecular flexibility index (Phi) is 9.89. The van der Waals surface area contributed by atoms with Gasteiger partial charge in [0.15, 0.2) is 5.82 Å². The molecule has 1 aromatic heterocycles. The maximum atomic E-state index is 12.4. The molecule has 12 heteroatoms. The van der Waals surface area contributed by atoms with E-state index in [0.717, 1.165) is 0 Å². The SMILES string of the molecule is CCC(C)[C@H](NC(=O)N[C@@H](CCC(C)=O)C(=O)O)c1nc([C@@H](N)CCC(N)=O)no1. The first-order valence-corrected chi connectivity index (χ1v) is 9.71. The predicted octanol–water partition coefficient (Wildman–Crippen LogP) is 0.544. The van der Waals surface area contributed by atoms with Crippen molar-refractivity contribution in [2.45, 2.75) is 71.0 Å². The van der Waals surface area contributed by atoms with Crippen LogP contribution < -0.4 is 22.1 Å². The first kappa shape index (κ1) is 25.0. The number of carbonyl (C=O) groups is 4. The lowest BCUT2D eigenvalue weighted by atomic mass is 9.99. The Morgan fingerprint density at radius 2 is 1.83 bits per heavy atom. The average Bonchev–Trinajstić information content (AvgIpc) is 3.16. The number of urea groups is 1. The molecule has 1 unspecified atom stereocenters. The number of amides is 3. The number of hydrogen-bond donors (Lipinski definition) is 5. The number of aliphatic carboxylic acids is 1. The molecule has 168 valence electrons. The molecule has 1 rings (SSSR count). The number of primary amides is 1. The number of nitrogens with two attached hydrogens (primary N) is 2. The van der Waals surface area contributed by atoms with Gasteiger partial charge < -0.3 is 36.5 Å². The smallest absolute Gasteiger partial charge is 0.326 e. The van der Waals surface area contributed by atoms with E-state index >= 15 is 0 Å². The topological polar surface area (TPSA) is 204 Å². The fourth-order valence-electron chi connectivity index (χ4n) is 2.58. The summed E-state index contributed by atoms with van der Waals surface area (Å²) in [6, 6.07) is -3.31. The number of Topliss-reactive ketones (excluding diaryl/α,β-unsaturated/α-hetero) is 1. The minimum absolute atomic E-state index is 0.0223. The van der Waals surface area contributed by atoms with Crippen LogP contribution in [0.4, 0.5) is 4.79 Å². The molecule has 0 fully saturated rings. The summed E-state index contributed by atoms with van der Waals surface area (Å²) in [5.74, 6) is -1.75. The molecule has 1 aromatic rings. The fraction of sp³-hybridized carbons (Fsp3) is 0.667. The van der Waals surface area contributed by atoms with Crippen molar-refractivity contribution in [2.75, 3.05) is 0 Å². The Balaban J connectivity index is 2.87. The van der Waals surface area contributed by atoms with Gasteiger partial charge in [-0.2, -0.15) is 4.98 Å². The minimum Gasteiger partial charge on any atom is -0.480 e. The van der Waals surface area contributed by atoms with Crippen LogP contribution in [-0.2, 0) is 14.4 Å². The van der Waals surface area contributed by atoms with E-state index in [4.69, 9.17) is 16.0 Å². The van der Waals surface area contributed by atoms with Crippen LogP contribution in [0.1, 0.15) is 76.7 Å². The summed E-state index contributed by atoms with van der Waals surface area (Å²) in [5, 5.41) is 18.1. The number of nitrogens with one attached hydrogen (secondary N) is 2. The lowest BCUT2D eigenvalue weighted by Crippen LogP contribution is -2.48. The predicted molar refractivity (Wildman–Crippen MR) is 105 cm³/mol. The van der Waals surface area contributed by atoms with Crippen molar-refractivity contribution >= 4 is 23.7 Å². The fourth-order valence-corrected chi connectivity index (χ4v) is 2.58. The molecule has 30 heavy (non-hydrogen) atoms. The molecule has 1 heterocycles. The molecule has 7 N–H and O–H groups in total. The largest absolute Gasteiger partial charge is 0.480 e. The normalized spacial score (nSPS) is 14.9. The van der Waals surface area contributed by atoms with Gasteiger partial charge >= 0.3 is 12.0 Å².